The molecule has 8 heteroatoms. The van der Waals surface area contributed by atoms with Gasteiger partial charge < -0.3 is 9.47 Å². The molecule has 1 heterocycles. The van der Waals surface area contributed by atoms with Crippen molar-refractivity contribution in [2.24, 2.45) is 4.99 Å². The minimum Gasteiger partial charge on any atom is -0.490 e. The third kappa shape index (κ3) is 6.13. The zero-order chi connectivity index (χ0) is 24.9. The highest BCUT2D eigenvalue weighted by molar-refractivity contribution is 9.10. The summed E-state index contributed by atoms with van der Waals surface area (Å²) in [6, 6.07) is 17.6. The van der Waals surface area contributed by atoms with Crippen LogP contribution in [0, 0.1) is 12.7 Å². The normalized spacial score (nSPS) is 15.8. The third-order valence-corrected chi connectivity index (χ3v) is 6.97. The Morgan fingerprint density at radius 1 is 1.06 bits per heavy atom. The predicted octanol–water partition coefficient (Wildman–Crippen LogP) is 7.11. The van der Waals surface area contributed by atoms with Gasteiger partial charge in [-0.15, -0.1) is 0 Å². The second-order valence-corrected chi connectivity index (χ2v) is 9.74. The molecule has 0 bridgehead atoms. The average molecular weight is 555 g/mol. The number of nitrogens with zero attached hydrogens (tertiary/aromatic N) is 2. The molecule has 1 fully saturated rings. The van der Waals surface area contributed by atoms with Gasteiger partial charge in [0, 0.05) is 11.5 Å². The molecule has 1 saturated heterocycles. The summed E-state index contributed by atoms with van der Waals surface area (Å²) in [6.07, 6.45) is 1.82. The Kier molecular flexibility index (Phi) is 7.93. The molecule has 3 aromatic carbocycles. The second-order valence-electron chi connectivity index (χ2n) is 7.87. The Balaban J connectivity index is 1.58. The summed E-state index contributed by atoms with van der Waals surface area (Å²) in [5.74, 6) is 0.694. The number of carbonyl (C=O) groups excluding carboxylic acids is 1. The van der Waals surface area contributed by atoms with Gasteiger partial charge in [0.2, 0.25) is 0 Å². The van der Waals surface area contributed by atoms with Gasteiger partial charge >= 0.3 is 0 Å². The van der Waals surface area contributed by atoms with Crippen LogP contribution in [0.2, 0.25) is 0 Å². The van der Waals surface area contributed by atoms with E-state index in [1.165, 1.54) is 23.9 Å². The Labute approximate surface area is 216 Å². The number of ether oxygens (including phenoxy) is 2. The number of carbonyl (C=O) groups is 1. The molecule has 0 unspecified atom stereocenters. The maximum absolute atomic E-state index is 13.2. The number of amides is 1. The molecular weight excluding hydrogens is 531 g/mol. The molecule has 1 amide bonds. The van der Waals surface area contributed by atoms with Gasteiger partial charge in [0.25, 0.3) is 5.91 Å². The second kappa shape index (κ2) is 11.1. The molecule has 180 valence electrons. The lowest BCUT2D eigenvalue weighted by Crippen LogP contribution is -2.23. The molecule has 35 heavy (non-hydrogen) atoms. The highest BCUT2D eigenvalue weighted by Gasteiger charge is 2.30. The van der Waals surface area contributed by atoms with Crippen LogP contribution in [0.3, 0.4) is 0 Å². The molecule has 3 aromatic rings. The molecule has 4 rings (SSSR count). The highest BCUT2D eigenvalue weighted by Crippen LogP contribution is 2.38. The fourth-order valence-corrected chi connectivity index (χ4v) is 4.72. The summed E-state index contributed by atoms with van der Waals surface area (Å²) >= 11 is 4.92. The molecule has 0 atom stereocenters. The van der Waals surface area contributed by atoms with Crippen LogP contribution in [-0.2, 0) is 11.4 Å². The van der Waals surface area contributed by atoms with Gasteiger partial charge in [0.05, 0.1) is 17.2 Å². The molecule has 0 saturated carbocycles. The fraction of sp³-hybridized carbons (Fsp3) is 0.185. The number of aryl methyl sites for hydroxylation is 1. The number of benzene rings is 3. The van der Waals surface area contributed by atoms with Crippen molar-refractivity contribution in [2.45, 2.75) is 20.5 Å². The number of rotatable bonds is 7. The number of hydrogen-bond acceptors (Lipinski definition) is 5. The van der Waals surface area contributed by atoms with E-state index in [-0.39, 0.29) is 18.3 Å². The van der Waals surface area contributed by atoms with Crippen LogP contribution < -0.4 is 9.47 Å². The molecule has 0 radical (unpaired) electrons. The van der Waals surface area contributed by atoms with Crippen molar-refractivity contribution in [1.82, 2.24) is 4.90 Å². The minimum atomic E-state index is -0.291. The van der Waals surface area contributed by atoms with Crippen molar-refractivity contribution in [1.29, 1.82) is 0 Å². The van der Waals surface area contributed by atoms with Crippen molar-refractivity contribution >= 4 is 50.5 Å². The van der Waals surface area contributed by atoms with Gasteiger partial charge in [-0.25, -0.2) is 9.38 Å². The number of aliphatic imine (C=N–C) groups is 1. The first-order valence-corrected chi connectivity index (χ1v) is 12.6. The lowest BCUT2D eigenvalue weighted by molar-refractivity contribution is -0.121. The van der Waals surface area contributed by atoms with Crippen LogP contribution in [0.4, 0.5) is 10.1 Å². The summed E-state index contributed by atoms with van der Waals surface area (Å²) in [6.45, 7) is 4.63. The first-order chi connectivity index (χ1) is 16.8. The smallest absolute Gasteiger partial charge is 0.266 e. The lowest BCUT2D eigenvalue weighted by Gasteiger charge is -2.14. The molecule has 0 aliphatic carbocycles. The topological polar surface area (TPSA) is 51.1 Å². The van der Waals surface area contributed by atoms with E-state index in [4.69, 9.17) is 9.47 Å². The van der Waals surface area contributed by atoms with Gasteiger partial charge in [-0.05, 0) is 79.2 Å². The Hall–Kier alpha value is -3.10. The standard InChI is InChI=1S/C27H24BrFN2O3S/c1-4-33-23-13-19(22(28)15-24(23)34-16-18-7-9-20(29)10-8-18)14-25-26(32)31(3)27(35-25)30-21-11-5-17(2)6-12-21/h5-15H,4,16H2,1-3H3/b25-14-,30-27?. The maximum Gasteiger partial charge on any atom is 0.266 e. The van der Waals surface area contributed by atoms with Crippen molar-refractivity contribution in [2.75, 3.05) is 13.7 Å². The van der Waals surface area contributed by atoms with Crippen molar-refractivity contribution < 1.29 is 18.7 Å². The van der Waals surface area contributed by atoms with Crippen LogP contribution in [-0.4, -0.2) is 29.6 Å². The van der Waals surface area contributed by atoms with Crippen molar-refractivity contribution in [3.05, 3.63) is 92.5 Å². The summed E-state index contributed by atoms with van der Waals surface area (Å²) in [4.78, 5) is 19.6. The van der Waals surface area contributed by atoms with Crippen LogP contribution in [0.15, 0.2) is 75.0 Å². The van der Waals surface area contributed by atoms with Gasteiger partial charge in [0.15, 0.2) is 16.7 Å². The molecule has 0 aromatic heterocycles. The van der Waals surface area contributed by atoms with E-state index in [2.05, 4.69) is 20.9 Å². The van der Waals surface area contributed by atoms with Gasteiger partial charge in [0.1, 0.15) is 12.4 Å². The molecule has 1 aliphatic rings. The maximum atomic E-state index is 13.2. The SMILES string of the molecule is CCOc1cc(/C=C2\SC(=Nc3ccc(C)cc3)N(C)C2=O)c(Br)cc1OCc1ccc(F)cc1. The molecule has 1 aliphatic heterocycles. The Bertz CT molecular complexity index is 1290. The monoisotopic (exact) mass is 554 g/mol. The van der Waals surface area contributed by atoms with Gasteiger partial charge in [-0.3, -0.25) is 9.69 Å². The largest absolute Gasteiger partial charge is 0.490 e. The minimum absolute atomic E-state index is 0.123. The van der Waals surface area contributed by atoms with Gasteiger partial charge in [-0.1, -0.05) is 45.8 Å². The first kappa shape index (κ1) is 25.0. The van der Waals surface area contributed by atoms with E-state index in [9.17, 15) is 9.18 Å². The summed E-state index contributed by atoms with van der Waals surface area (Å²) in [7, 11) is 1.72. The van der Waals surface area contributed by atoms with E-state index in [1.54, 1.807) is 24.1 Å². The van der Waals surface area contributed by atoms with E-state index in [0.717, 1.165) is 26.9 Å². The Morgan fingerprint density at radius 3 is 2.43 bits per heavy atom. The van der Waals surface area contributed by atoms with Crippen LogP contribution in [0.1, 0.15) is 23.6 Å². The number of amidine groups is 1. The zero-order valence-electron chi connectivity index (χ0n) is 19.5. The summed E-state index contributed by atoms with van der Waals surface area (Å²) < 4.78 is 25.7. The molecular formula is C27H24BrFN2O3S. The van der Waals surface area contributed by atoms with Crippen molar-refractivity contribution in [3.63, 3.8) is 0 Å². The highest BCUT2D eigenvalue weighted by atomic mass is 79.9. The number of likely N-dealkylation sites (N-methyl/N-ethyl adjacent to an activating group) is 1. The van der Waals surface area contributed by atoms with Gasteiger partial charge in [-0.2, -0.15) is 0 Å². The predicted molar refractivity (Wildman–Crippen MR) is 143 cm³/mol. The van der Waals surface area contributed by atoms with Crippen LogP contribution in [0.5, 0.6) is 11.5 Å². The lowest BCUT2D eigenvalue weighted by atomic mass is 10.1. The molecule has 5 nitrogen and oxygen atoms in total. The molecule has 0 spiro atoms. The van der Waals surface area contributed by atoms with Crippen LogP contribution in [0.25, 0.3) is 6.08 Å². The number of thioether (sulfide) groups is 1. The molecule has 0 N–H and O–H groups in total. The number of hydrogen-bond donors (Lipinski definition) is 0. The Morgan fingerprint density at radius 2 is 1.74 bits per heavy atom. The van der Waals surface area contributed by atoms with E-state index in [1.807, 2.05) is 56.3 Å². The quantitative estimate of drug-likeness (QED) is 0.292. The van der Waals surface area contributed by atoms with E-state index < -0.39 is 0 Å². The van der Waals surface area contributed by atoms with Crippen LogP contribution >= 0.6 is 27.7 Å². The summed E-state index contributed by atoms with van der Waals surface area (Å²) in [5.41, 5.74) is 3.57. The first-order valence-electron chi connectivity index (χ1n) is 11.0. The zero-order valence-corrected chi connectivity index (χ0v) is 22.0. The van der Waals surface area contributed by atoms with E-state index in [0.29, 0.717) is 28.2 Å². The average Bonchev–Trinajstić information content (AvgIpc) is 3.10. The fourth-order valence-electron chi connectivity index (χ4n) is 3.31. The summed E-state index contributed by atoms with van der Waals surface area (Å²) in [5, 5.41) is 0.616. The van der Waals surface area contributed by atoms with E-state index >= 15 is 0 Å². The third-order valence-electron chi connectivity index (χ3n) is 5.22. The number of halogens is 2. The van der Waals surface area contributed by atoms with Crippen molar-refractivity contribution in [3.8, 4) is 11.5 Å².